The molecular formula is C11H12BrNO3. The van der Waals surface area contributed by atoms with Crippen molar-refractivity contribution in [3.05, 3.63) is 22.2 Å². The largest absolute Gasteiger partial charge is 0.486 e. The van der Waals surface area contributed by atoms with Crippen LogP contribution in [0.1, 0.15) is 16.8 Å². The molecule has 1 aliphatic heterocycles. The maximum absolute atomic E-state index is 11.7. The Labute approximate surface area is 102 Å². The van der Waals surface area contributed by atoms with Gasteiger partial charge in [-0.3, -0.25) is 4.79 Å². The summed E-state index contributed by atoms with van der Waals surface area (Å²) in [4.78, 5) is 11.7. The Hall–Kier alpha value is -1.07. The number of ketones is 1. The zero-order valence-corrected chi connectivity index (χ0v) is 10.2. The summed E-state index contributed by atoms with van der Waals surface area (Å²) in [5, 5.41) is 0. The lowest BCUT2D eigenvalue weighted by molar-refractivity contribution is 0.0983. The molecule has 2 rings (SSSR count). The molecule has 0 saturated carbocycles. The number of carbonyl (C=O) groups excluding carboxylic acids is 1. The molecule has 1 aromatic carbocycles. The summed E-state index contributed by atoms with van der Waals surface area (Å²) >= 11 is 3.37. The lowest BCUT2D eigenvalue weighted by atomic mass is 10.1. The van der Waals surface area contributed by atoms with Gasteiger partial charge in [0.15, 0.2) is 17.3 Å². The molecular weight excluding hydrogens is 274 g/mol. The van der Waals surface area contributed by atoms with Crippen LogP contribution >= 0.6 is 15.9 Å². The van der Waals surface area contributed by atoms with Crippen molar-refractivity contribution in [3.63, 3.8) is 0 Å². The van der Waals surface area contributed by atoms with Crippen molar-refractivity contribution in [2.45, 2.75) is 6.42 Å². The van der Waals surface area contributed by atoms with E-state index in [-0.39, 0.29) is 5.78 Å². The topological polar surface area (TPSA) is 61.6 Å². The first kappa shape index (κ1) is 11.4. The molecule has 86 valence electrons. The molecule has 4 nitrogen and oxygen atoms in total. The Morgan fingerprint density at radius 1 is 1.38 bits per heavy atom. The normalized spacial score (nSPS) is 13.6. The fourth-order valence-electron chi connectivity index (χ4n) is 1.56. The molecule has 1 aliphatic rings. The van der Waals surface area contributed by atoms with Crippen molar-refractivity contribution in [2.75, 3.05) is 19.8 Å². The predicted octanol–water partition coefficient (Wildman–Crippen LogP) is 1.75. The van der Waals surface area contributed by atoms with Crippen LogP contribution in [-0.2, 0) is 0 Å². The number of benzene rings is 1. The summed E-state index contributed by atoms with van der Waals surface area (Å²) in [6, 6.07) is 3.48. The molecule has 0 aromatic heterocycles. The average Bonchev–Trinajstić information content (AvgIpc) is 2.30. The highest BCUT2D eigenvalue weighted by Crippen LogP contribution is 2.39. The van der Waals surface area contributed by atoms with E-state index >= 15 is 0 Å². The van der Waals surface area contributed by atoms with Gasteiger partial charge in [-0.25, -0.2) is 0 Å². The SMILES string of the molecule is NCCC(=O)c1ccc2c(c1Br)OCCO2. The number of carbonyl (C=O) groups is 1. The number of halogens is 1. The molecule has 1 heterocycles. The lowest BCUT2D eigenvalue weighted by Crippen LogP contribution is -2.17. The Bertz CT molecular complexity index is 420. The third-order valence-electron chi connectivity index (χ3n) is 2.32. The molecule has 16 heavy (non-hydrogen) atoms. The Morgan fingerprint density at radius 2 is 2.12 bits per heavy atom. The van der Waals surface area contributed by atoms with Crippen molar-refractivity contribution in [3.8, 4) is 11.5 Å². The zero-order valence-electron chi connectivity index (χ0n) is 8.66. The monoisotopic (exact) mass is 285 g/mol. The number of Topliss-reactive ketones (excluding diaryl/α,β-unsaturated/α-hetero) is 1. The van der Waals surface area contributed by atoms with E-state index < -0.39 is 0 Å². The van der Waals surface area contributed by atoms with Crippen LogP contribution in [0.25, 0.3) is 0 Å². The molecule has 0 aliphatic carbocycles. The van der Waals surface area contributed by atoms with E-state index in [1.165, 1.54) is 0 Å². The van der Waals surface area contributed by atoms with Crippen molar-refractivity contribution in [1.29, 1.82) is 0 Å². The number of rotatable bonds is 3. The smallest absolute Gasteiger partial charge is 0.176 e. The minimum Gasteiger partial charge on any atom is -0.486 e. The van der Waals surface area contributed by atoms with E-state index in [9.17, 15) is 4.79 Å². The third-order valence-corrected chi connectivity index (χ3v) is 3.11. The Kier molecular flexibility index (Phi) is 3.46. The van der Waals surface area contributed by atoms with Crippen LogP contribution in [0.5, 0.6) is 11.5 Å². The van der Waals surface area contributed by atoms with Gasteiger partial charge in [-0.15, -0.1) is 0 Å². The minimum absolute atomic E-state index is 0.00588. The van der Waals surface area contributed by atoms with Crippen molar-refractivity contribution in [1.82, 2.24) is 0 Å². The molecule has 0 saturated heterocycles. The highest BCUT2D eigenvalue weighted by atomic mass is 79.9. The summed E-state index contributed by atoms with van der Waals surface area (Å²) in [6.07, 6.45) is 0.332. The van der Waals surface area contributed by atoms with Gasteiger partial charge < -0.3 is 15.2 Å². The van der Waals surface area contributed by atoms with Crippen LogP contribution in [0.2, 0.25) is 0 Å². The van der Waals surface area contributed by atoms with Crippen LogP contribution in [0.3, 0.4) is 0 Å². The van der Waals surface area contributed by atoms with Gasteiger partial charge in [-0.1, -0.05) is 0 Å². The van der Waals surface area contributed by atoms with Gasteiger partial charge in [0.2, 0.25) is 0 Å². The number of hydrogen-bond donors (Lipinski definition) is 1. The minimum atomic E-state index is 0.00588. The van der Waals surface area contributed by atoms with Gasteiger partial charge in [0.05, 0.1) is 4.47 Å². The van der Waals surface area contributed by atoms with Crippen LogP contribution in [-0.4, -0.2) is 25.5 Å². The molecule has 0 amide bonds. The number of hydrogen-bond acceptors (Lipinski definition) is 4. The second-order valence-electron chi connectivity index (χ2n) is 3.41. The molecule has 0 unspecified atom stereocenters. The average molecular weight is 286 g/mol. The van der Waals surface area contributed by atoms with E-state index in [0.29, 0.717) is 47.7 Å². The summed E-state index contributed by atoms with van der Waals surface area (Å²) in [7, 11) is 0. The second kappa shape index (κ2) is 4.84. The van der Waals surface area contributed by atoms with Crippen LogP contribution in [0, 0.1) is 0 Å². The van der Waals surface area contributed by atoms with Crippen LogP contribution < -0.4 is 15.2 Å². The molecule has 0 spiro atoms. The second-order valence-corrected chi connectivity index (χ2v) is 4.21. The van der Waals surface area contributed by atoms with Crippen LogP contribution in [0.15, 0.2) is 16.6 Å². The van der Waals surface area contributed by atoms with Gasteiger partial charge in [-0.2, -0.15) is 0 Å². The predicted molar refractivity (Wildman–Crippen MR) is 63.1 cm³/mol. The molecule has 0 fully saturated rings. The first-order chi connectivity index (χ1) is 7.74. The maximum atomic E-state index is 11.7. The molecule has 0 atom stereocenters. The quantitative estimate of drug-likeness (QED) is 0.860. The first-order valence-corrected chi connectivity index (χ1v) is 5.84. The first-order valence-electron chi connectivity index (χ1n) is 5.05. The maximum Gasteiger partial charge on any atom is 0.176 e. The third kappa shape index (κ3) is 2.05. The zero-order chi connectivity index (χ0) is 11.5. The van der Waals surface area contributed by atoms with Gasteiger partial charge in [-0.05, 0) is 34.6 Å². The Morgan fingerprint density at radius 3 is 2.88 bits per heavy atom. The summed E-state index contributed by atoms with van der Waals surface area (Å²) in [5.41, 5.74) is 5.95. The fourth-order valence-corrected chi connectivity index (χ4v) is 2.23. The molecule has 1 aromatic rings. The van der Waals surface area contributed by atoms with E-state index in [1.54, 1.807) is 12.1 Å². The fraction of sp³-hybridized carbons (Fsp3) is 0.364. The molecule has 5 heteroatoms. The standard InChI is InChI=1S/C11H12BrNO3/c12-10-7(8(14)3-4-13)1-2-9-11(10)16-6-5-15-9/h1-2H,3-6,13H2. The van der Waals surface area contributed by atoms with E-state index in [0.717, 1.165) is 0 Å². The number of ether oxygens (including phenoxy) is 2. The van der Waals surface area contributed by atoms with Crippen LogP contribution in [0.4, 0.5) is 0 Å². The number of nitrogens with two attached hydrogens (primary N) is 1. The summed E-state index contributed by atoms with van der Waals surface area (Å²) in [6.45, 7) is 1.38. The summed E-state index contributed by atoms with van der Waals surface area (Å²) < 4.78 is 11.5. The Balaban J connectivity index is 2.37. The molecule has 0 bridgehead atoms. The highest BCUT2D eigenvalue weighted by molar-refractivity contribution is 9.10. The van der Waals surface area contributed by atoms with Gasteiger partial charge in [0.25, 0.3) is 0 Å². The van der Waals surface area contributed by atoms with Gasteiger partial charge >= 0.3 is 0 Å². The van der Waals surface area contributed by atoms with E-state index in [1.807, 2.05) is 0 Å². The number of fused-ring (bicyclic) bond motifs is 1. The van der Waals surface area contributed by atoms with Crippen molar-refractivity contribution >= 4 is 21.7 Å². The molecule has 2 N–H and O–H groups in total. The summed E-state index contributed by atoms with van der Waals surface area (Å²) in [5.74, 6) is 1.28. The molecule has 0 radical (unpaired) electrons. The van der Waals surface area contributed by atoms with Gasteiger partial charge in [0, 0.05) is 12.0 Å². The van der Waals surface area contributed by atoms with E-state index in [4.69, 9.17) is 15.2 Å². The highest BCUT2D eigenvalue weighted by Gasteiger charge is 2.20. The van der Waals surface area contributed by atoms with Crippen molar-refractivity contribution < 1.29 is 14.3 Å². The van der Waals surface area contributed by atoms with E-state index in [2.05, 4.69) is 15.9 Å². The van der Waals surface area contributed by atoms with Crippen molar-refractivity contribution in [2.24, 2.45) is 5.73 Å². The van der Waals surface area contributed by atoms with Gasteiger partial charge in [0.1, 0.15) is 13.2 Å². The lowest BCUT2D eigenvalue weighted by Gasteiger charge is -2.20.